The van der Waals surface area contributed by atoms with Crippen LogP contribution in [0.3, 0.4) is 0 Å². The molecule has 35 heavy (non-hydrogen) atoms. The summed E-state index contributed by atoms with van der Waals surface area (Å²) in [5, 5.41) is 15.4. The maximum atomic E-state index is 13.5. The van der Waals surface area contributed by atoms with Crippen LogP contribution in [0.5, 0.6) is 11.6 Å². The monoisotopic (exact) mass is 483 g/mol. The molecule has 7 heteroatoms. The van der Waals surface area contributed by atoms with Crippen molar-refractivity contribution in [3.8, 4) is 17.3 Å². The number of para-hydroxylation sites is 1. The molecule has 0 fully saturated rings. The van der Waals surface area contributed by atoms with E-state index in [9.17, 15) is 9.50 Å². The molecule has 0 saturated heterocycles. The summed E-state index contributed by atoms with van der Waals surface area (Å²) in [7, 11) is 0. The Balaban J connectivity index is 1.89. The lowest BCUT2D eigenvalue weighted by Gasteiger charge is -2.27. The average Bonchev–Trinajstić information content (AvgIpc) is 3.10. The third-order valence-corrected chi connectivity index (χ3v) is 5.40. The van der Waals surface area contributed by atoms with Crippen LogP contribution >= 0.6 is 0 Å². The SMILES string of the molecule is Cc1nn(-c2ccccc2)c(Oc2ccc(F)cc2)c1CN(CC(C)C)C[C@@H](O)COCC(C)C. The van der Waals surface area contributed by atoms with Crippen LogP contribution in [0.15, 0.2) is 54.6 Å². The number of aromatic nitrogens is 2. The van der Waals surface area contributed by atoms with Crippen LogP contribution in [0.25, 0.3) is 5.69 Å². The Morgan fingerprint density at radius 3 is 2.26 bits per heavy atom. The first kappa shape index (κ1) is 26.9. The van der Waals surface area contributed by atoms with Crippen molar-refractivity contribution in [1.82, 2.24) is 14.7 Å². The molecule has 6 nitrogen and oxygen atoms in total. The third-order valence-electron chi connectivity index (χ3n) is 5.40. The summed E-state index contributed by atoms with van der Waals surface area (Å²) in [6, 6.07) is 15.8. The molecule has 0 radical (unpaired) electrons. The lowest BCUT2D eigenvalue weighted by atomic mass is 10.1. The van der Waals surface area contributed by atoms with Gasteiger partial charge in [0.2, 0.25) is 5.88 Å². The number of hydrogen-bond acceptors (Lipinski definition) is 5. The van der Waals surface area contributed by atoms with Crippen LogP contribution in [-0.4, -0.2) is 52.2 Å². The van der Waals surface area contributed by atoms with Gasteiger partial charge < -0.3 is 14.6 Å². The Bertz CT molecular complexity index is 1040. The number of rotatable bonds is 13. The molecule has 1 aromatic heterocycles. The minimum Gasteiger partial charge on any atom is -0.439 e. The summed E-state index contributed by atoms with van der Waals surface area (Å²) >= 11 is 0. The third kappa shape index (κ3) is 8.16. The van der Waals surface area contributed by atoms with Crippen molar-refractivity contribution in [2.24, 2.45) is 11.8 Å². The first-order chi connectivity index (χ1) is 16.7. The molecule has 0 aliphatic rings. The minimum atomic E-state index is -0.599. The number of hydrogen-bond donors (Lipinski definition) is 1. The van der Waals surface area contributed by atoms with E-state index in [1.54, 1.807) is 16.8 Å². The number of aryl methyl sites for hydroxylation is 1. The molecule has 0 unspecified atom stereocenters. The zero-order chi connectivity index (χ0) is 25.4. The molecular formula is C28H38FN3O3. The van der Waals surface area contributed by atoms with Crippen molar-refractivity contribution in [3.05, 3.63) is 71.7 Å². The number of aliphatic hydroxyl groups excluding tert-OH is 1. The summed E-state index contributed by atoms with van der Waals surface area (Å²) in [6.07, 6.45) is -0.599. The van der Waals surface area contributed by atoms with Crippen molar-refractivity contribution in [3.63, 3.8) is 0 Å². The van der Waals surface area contributed by atoms with Crippen molar-refractivity contribution < 1.29 is 19.0 Å². The molecule has 1 atom stereocenters. The van der Waals surface area contributed by atoms with Crippen LogP contribution < -0.4 is 4.74 Å². The smallest absolute Gasteiger partial charge is 0.227 e. The summed E-state index contributed by atoms with van der Waals surface area (Å²) < 4.78 is 27.2. The Morgan fingerprint density at radius 1 is 0.943 bits per heavy atom. The first-order valence-corrected chi connectivity index (χ1v) is 12.3. The average molecular weight is 484 g/mol. The molecule has 0 aliphatic carbocycles. The van der Waals surface area contributed by atoms with Crippen molar-refractivity contribution in [1.29, 1.82) is 0 Å². The van der Waals surface area contributed by atoms with Gasteiger partial charge in [-0.1, -0.05) is 45.9 Å². The zero-order valence-electron chi connectivity index (χ0n) is 21.4. The molecule has 0 spiro atoms. The summed E-state index contributed by atoms with van der Waals surface area (Å²) in [5.74, 6) is 1.63. The maximum absolute atomic E-state index is 13.5. The standard InChI is InChI=1S/C28H38FN3O3/c1-20(2)15-31(16-25(33)19-34-18-21(3)4)17-27-22(5)30-32(24-9-7-6-8-10-24)28(27)35-26-13-11-23(29)12-14-26/h6-14,20-21,25,33H,15-19H2,1-5H3/t25-/m1/s1. The molecule has 190 valence electrons. The molecule has 0 amide bonds. The van der Waals surface area contributed by atoms with Crippen LogP contribution in [0.1, 0.15) is 39.0 Å². The highest BCUT2D eigenvalue weighted by atomic mass is 19.1. The lowest BCUT2D eigenvalue weighted by Crippen LogP contribution is -2.37. The van der Waals surface area contributed by atoms with Crippen molar-refractivity contribution in [2.45, 2.75) is 47.3 Å². The number of halogens is 1. The van der Waals surface area contributed by atoms with Gasteiger partial charge in [0.15, 0.2) is 0 Å². The second-order valence-corrected chi connectivity index (χ2v) is 9.85. The largest absolute Gasteiger partial charge is 0.439 e. The highest BCUT2D eigenvalue weighted by Crippen LogP contribution is 2.32. The normalized spacial score (nSPS) is 12.6. The van der Waals surface area contributed by atoms with E-state index in [2.05, 4.69) is 32.6 Å². The quantitative estimate of drug-likeness (QED) is 0.343. The molecule has 3 aromatic rings. The van der Waals surface area contributed by atoms with Gasteiger partial charge in [0, 0.05) is 26.2 Å². The van der Waals surface area contributed by atoms with Crippen LogP contribution in [0.2, 0.25) is 0 Å². The van der Waals surface area contributed by atoms with Crippen molar-refractivity contribution >= 4 is 0 Å². The number of benzene rings is 2. The number of ether oxygens (including phenoxy) is 2. The van der Waals surface area contributed by atoms with Crippen LogP contribution in [0, 0.1) is 24.6 Å². The summed E-state index contributed by atoms with van der Waals surface area (Å²) in [5.41, 5.74) is 2.64. The van der Waals surface area contributed by atoms with E-state index in [0.717, 1.165) is 23.5 Å². The van der Waals surface area contributed by atoms with E-state index in [-0.39, 0.29) is 5.82 Å². The van der Waals surface area contributed by atoms with Gasteiger partial charge in [-0.15, -0.1) is 0 Å². The fourth-order valence-corrected chi connectivity index (χ4v) is 3.92. The molecule has 0 aliphatic heterocycles. The topological polar surface area (TPSA) is 59.8 Å². The maximum Gasteiger partial charge on any atom is 0.227 e. The fourth-order valence-electron chi connectivity index (χ4n) is 3.92. The van der Waals surface area contributed by atoms with Gasteiger partial charge in [0.25, 0.3) is 0 Å². The van der Waals surface area contributed by atoms with E-state index in [1.165, 1.54) is 12.1 Å². The Morgan fingerprint density at radius 2 is 1.63 bits per heavy atom. The second-order valence-electron chi connectivity index (χ2n) is 9.85. The Labute approximate surface area is 208 Å². The summed E-state index contributed by atoms with van der Waals surface area (Å²) in [6.45, 7) is 13.2. The van der Waals surface area contributed by atoms with Crippen LogP contribution in [-0.2, 0) is 11.3 Å². The van der Waals surface area contributed by atoms with Gasteiger partial charge in [-0.3, -0.25) is 4.90 Å². The van der Waals surface area contributed by atoms with Crippen LogP contribution in [0.4, 0.5) is 4.39 Å². The van der Waals surface area contributed by atoms with Gasteiger partial charge in [0.1, 0.15) is 11.6 Å². The lowest BCUT2D eigenvalue weighted by molar-refractivity contribution is 0.00511. The molecule has 2 aromatic carbocycles. The fraction of sp³-hybridized carbons (Fsp3) is 0.464. The highest BCUT2D eigenvalue weighted by molar-refractivity contribution is 5.43. The number of nitrogens with zero attached hydrogens (tertiary/aromatic N) is 3. The van der Waals surface area contributed by atoms with Crippen molar-refractivity contribution in [2.75, 3.05) is 26.3 Å². The number of aliphatic hydroxyl groups is 1. The summed E-state index contributed by atoms with van der Waals surface area (Å²) in [4.78, 5) is 2.21. The highest BCUT2D eigenvalue weighted by Gasteiger charge is 2.23. The van der Waals surface area contributed by atoms with E-state index >= 15 is 0 Å². The van der Waals surface area contributed by atoms with Gasteiger partial charge >= 0.3 is 0 Å². The molecule has 0 bridgehead atoms. The molecular weight excluding hydrogens is 445 g/mol. The van der Waals surface area contributed by atoms with Gasteiger partial charge in [-0.2, -0.15) is 5.10 Å². The molecule has 1 N–H and O–H groups in total. The predicted molar refractivity (Wildman–Crippen MR) is 137 cm³/mol. The Kier molecular flexibility index (Phi) is 9.83. The van der Waals surface area contributed by atoms with E-state index < -0.39 is 6.10 Å². The van der Waals surface area contributed by atoms with E-state index in [4.69, 9.17) is 14.6 Å². The zero-order valence-corrected chi connectivity index (χ0v) is 21.4. The minimum absolute atomic E-state index is 0.300. The second kappa shape index (κ2) is 12.8. The van der Waals surface area contributed by atoms with Gasteiger partial charge in [-0.05, 0) is 55.2 Å². The molecule has 3 rings (SSSR count). The Hall–Kier alpha value is -2.74. The molecule has 0 saturated carbocycles. The predicted octanol–water partition coefficient (Wildman–Crippen LogP) is 5.60. The first-order valence-electron chi connectivity index (χ1n) is 12.3. The molecule has 1 heterocycles. The van der Waals surface area contributed by atoms with Gasteiger partial charge in [0.05, 0.1) is 29.7 Å². The van der Waals surface area contributed by atoms with E-state index in [1.807, 2.05) is 37.3 Å². The van der Waals surface area contributed by atoms with E-state index in [0.29, 0.717) is 49.8 Å². The van der Waals surface area contributed by atoms with Gasteiger partial charge in [-0.25, -0.2) is 9.07 Å².